The SMILES string of the molecule is COC(=O)C(C(=O)OC)[C@H](C)[C@H](NC(=O)[C@H](O)c1ccc(C(F)(F)F)cc1)C(=O)O. The number of carbonyl (C=O) groups is 4. The Balaban J connectivity index is 3.06. The number of carbonyl (C=O) groups excluding carboxylic acids is 3. The van der Waals surface area contributed by atoms with Gasteiger partial charge in [-0.2, -0.15) is 13.2 Å². The van der Waals surface area contributed by atoms with Crippen molar-refractivity contribution in [1.29, 1.82) is 0 Å². The Hall–Kier alpha value is -3.15. The molecule has 1 aromatic carbocycles. The van der Waals surface area contributed by atoms with E-state index in [1.165, 1.54) is 6.92 Å². The Labute approximate surface area is 168 Å². The van der Waals surface area contributed by atoms with Crippen molar-refractivity contribution in [3.05, 3.63) is 35.4 Å². The van der Waals surface area contributed by atoms with Crippen LogP contribution in [0.5, 0.6) is 0 Å². The average molecular weight is 435 g/mol. The number of methoxy groups -OCH3 is 2. The lowest BCUT2D eigenvalue weighted by Gasteiger charge is -2.26. The smallest absolute Gasteiger partial charge is 0.416 e. The third-order valence-corrected chi connectivity index (χ3v) is 4.33. The highest BCUT2D eigenvalue weighted by Gasteiger charge is 2.42. The van der Waals surface area contributed by atoms with Gasteiger partial charge in [-0.05, 0) is 17.7 Å². The highest BCUT2D eigenvalue weighted by atomic mass is 19.4. The lowest BCUT2D eigenvalue weighted by Crippen LogP contribution is -2.51. The summed E-state index contributed by atoms with van der Waals surface area (Å²) in [6.07, 6.45) is -6.62. The maximum absolute atomic E-state index is 12.6. The first-order valence-corrected chi connectivity index (χ1v) is 8.39. The fourth-order valence-electron chi connectivity index (χ4n) is 2.63. The summed E-state index contributed by atoms with van der Waals surface area (Å²) in [5.74, 6) is -8.14. The quantitative estimate of drug-likeness (QED) is 0.404. The molecule has 0 aliphatic rings. The minimum Gasteiger partial charge on any atom is -0.480 e. The van der Waals surface area contributed by atoms with Gasteiger partial charge in [0.05, 0.1) is 19.8 Å². The maximum Gasteiger partial charge on any atom is 0.416 e. The molecule has 3 N–H and O–H groups in total. The average Bonchev–Trinajstić information content (AvgIpc) is 2.69. The van der Waals surface area contributed by atoms with Crippen LogP contribution in [0.4, 0.5) is 13.2 Å². The first-order chi connectivity index (χ1) is 13.8. The van der Waals surface area contributed by atoms with Gasteiger partial charge in [0.25, 0.3) is 5.91 Å². The molecule has 0 unspecified atom stereocenters. The summed E-state index contributed by atoms with van der Waals surface area (Å²) in [6, 6.07) is 1.18. The topological polar surface area (TPSA) is 139 Å². The van der Waals surface area contributed by atoms with Crippen LogP contribution >= 0.6 is 0 Å². The molecule has 1 aromatic rings. The minimum atomic E-state index is -4.62. The minimum absolute atomic E-state index is 0.227. The monoisotopic (exact) mass is 435 g/mol. The molecular weight excluding hydrogens is 415 g/mol. The predicted octanol–water partition coefficient (Wildman–Crippen LogP) is 0.907. The van der Waals surface area contributed by atoms with Gasteiger partial charge < -0.3 is 25.0 Å². The van der Waals surface area contributed by atoms with Crippen LogP contribution in [0.3, 0.4) is 0 Å². The van der Waals surface area contributed by atoms with E-state index in [4.69, 9.17) is 0 Å². The van der Waals surface area contributed by atoms with Crippen molar-refractivity contribution >= 4 is 23.8 Å². The van der Waals surface area contributed by atoms with E-state index in [-0.39, 0.29) is 5.56 Å². The molecule has 9 nitrogen and oxygen atoms in total. The number of amides is 1. The first kappa shape index (κ1) is 24.9. The van der Waals surface area contributed by atoms with Crippen LogP contribution < -0.4 is 5.32 Å². The number of carboxylic acids is 1. The Bertz CT molecular complexity index is 778. The number of rotatable bonds is 8. The zero-order valence-electron chi connectivity index (χ0n) is 16.1. The molecule has 166 valence electrons. The normalized spacial score (nSPS) is 14.4. The van der Waals surface area contributed by atoms with E-state index in [0.717, 1.165) is 26.4 Å². The van der Waals surface area contributed by atoms with E-state index in [1.807, 2.05) is 5.32 Å². The standard InChI is InChI=1S/C18H20F3NO8/c1-8(11(16(27)29-2)17(28)30-3)12(15(25)26)22-14(24)13(23)9-4-6-10(7-5-9)18(19,20)21/h4-8,11-13,23H,1-3H3,(H,22,24)(H,25,26)/t8-,12-,13+/m0/s1. The summed E-state index contributed by atoms with van der Waals surface area (Å²) in [7, 11) is 1.93. The van der Waals surface area contributed by atoms with Crippen molar-refractivity contribution in [2.75, 3.05) is 14.2 Å². The second-order valence-electron chi connectivity index (χ2n) is 6.23. The molecule has 1 amide bonds. The molecule has 0 heterocycles. The van der Waals surface area contributed by atoms with E-state index < -0.39 is 59.5 Å². The second kappa shape index (κ2) is 10.1. The van der Waals surface area contributed by atoms with Gasteiger partial charge in [-0.3, -0.25) is 14.4 Å². The van der Waals surface area contributed by atoms with E-state index in [1.54, 1.807) is 0 Å². The Kier molecular flexibility index (Phi) is 8.34. The number of ether oxygens (including phenoxy) is 2. The fourth-order valence-corrected chi connectivity index (χ4v) is 2.63. The summed E-state index contributed by atoms with van der Waals surface area (Å²) in [5.41, 5.74) is -1.23. The van der Waals surface area contributed by atoms with Gasteiger partial charge in [-0.15, -0.1) is 0 Å². The molecule has 3 atom stereocenters. The predicted molar refractivity (Wildman–Crippen MR) is 92.7 cm³/mol. The molecule has 0 aliphatic carbocycles. The summed E-state index contributed by atoms with van der Waals surface area (Å²) in [5, 5.41) is 21.4. The summed E-state index contributed by atoms with van der Waals surface area (Å²) < 4.78 is 46.8. The van der Waals surface area contributed by atoms with Crippen molar-refractivity contribution in [3.8, 4) is 0 Å². The van der Waals surface area contributed by atoms with Crippen molar-refractivity contribution in [2.24, 2.45) is 11.8 Å². The molecule has 1 rings (SSSR count). The van der Waals surface area contributed by atoms with Crippen molar-refractivity contribution < 1.29 is 52.0 Å². The van der Waals surface area contributed by atoms with Gasteiger partial charge in [-0.25, -0.2) is 4.79 Å². The highest BCUT2D eigenvalue weighted by Crippen LogP contribution is 2.30. The van der Waals surface area contributed by atoms with Gasteiger partial charge >= 0.3 is 24.1 Å². The summed E-state index contributed by atoms with van der Waals surface area (Å²) in [4.78, 5) is 47.6. The number of esters is 2. The van der Waals surface area contributed by atoms with Crippen LogP contribution in [0.15, 0.2) is 24.3 Å². The first-order valence-electron chi connectivity index (χ1n) is 8.39. The summed E-state index contributed by atoms with van der Waals surface area (Å²) >= 11 is 0. The molecule has 0 saturated carbocycles. The lowest BCUT2D eigenvalue weighted by molar-refractivity contribution is -0.163. The van der Waals surface area contributed by atoms with Gasteiger partial charge in [-0.1, -0.05) is 19.1 Å². The van der Waals surface area contributed by atoms with Crippen molar-refractivity contribution in [2.45, 2.75) is 25.2 Å². The number of hydrogen-bond acceptors (Lipinski definition) is 7. The number of hydrogen-bond donors (Lipinski definition) is 3. The fraction of sp³-hybridized carbons (Fsp3) is 0.444. The number of aliphatic hydroxyl groups excluding tert-OH is 1. The van der Waals surface area contributed by atoms with Crippen LogP contribution in [0, 0.1) is 11.8 Å². The number of aliphatic carboxylic acids is 1. The van der Waals surface area contributed by atoms with Gasteiger partial charge in [0.15, 0.2) is 12.0 Å². The van der Waals surface area contributed by atoms with Crippen molar-refractivity contribution in [1.82, 2.24) is 5.32 Å². The number of halogens is 3. The van der Waals surface area contributed by atoms with E-state index in [2.05, 4.69) is 9.47 Å². The third kappa shape index (κ3) is 5.92. The number of nitrogens with one attached hydrogen (secondary N) is 1. The van der Waals surface area contributed by atoms with Gasteiger partial charge in [0.2, 0.25) is 0 Å². The van der Waals surface area contributed by atoms with Crippen LogP contribution in [0.25, 0.3) is 0 Å². The molecule has 0 spiro atoms. The summed E-state index contributed by atoms with van der Waals surface area (Å²) in [6.45, 7) is 1.17. The highest BCUT2D eigenvalue weighted by molar-refractivity contribution is 5.96. The van der Waals surface area contributed by atoms with Gasteiger partial charge in [0.1, 0.15) is 6.04 Å². The molecule has 0 aliphatic heterocycles. The zero-order valence-corrected chi connectivity index (χ0v) is 16.1. The molecule has 0 bridgehead atoms. The zero-order chi connectivity index (χ0) is 23.2. The van der Waals surface area contributed by atoms with Gasteiger partial charge in [0, 0.05) is 5.92 Å². The molecule has 12 heteroatoms. The molecule has 0 aromatic heterocycles. The Morgan fingerprint density at radius 2 is 1.47 bits per heavy atom. The Morgan fingerprint density at radius 1 is 1.00 bits per heavy atom. The molecule has 0 saturated heterocycles. The van der Waals surface area contributed by atoms with Crippen molar-refractivity contribution in [3.63, 3.8) is 0 Å². The molecule has 0 fully saturated rings. The molecule has 0 radical (unpaired) electrons. The Morgan fingerprint density at radius 3 is 1.83 bits per heavy atom. The maximum atomic E-state index is 12.6. The second-order valence-corrected chi connectivity index (χ2v) is 6.23. The third-order valence-electron chi connectivity index (χ3n) is 4.33. The molecule has 30 heavy (non-hydrogen) atoms. The van der Waals surface area contributed by atoms with E-state index in [9.17, 15) is 42.6 Å². The number of alkyl halides is 3. The van der Waals surface area contributed by atoms with Crippen LogP contribution in [-0.2, 0) is 34.8 Å². The largest absolute Gasteiger partial charge is 0.480 e. The number of carboxylic acid groups (broad SMARTS) is 1. The molecular formula is C18H20F3NO8. The van der Waals surface area contributed by atoms with Crippen LogP contribution in [0.1, 0.15) is 24.2 Å². The van der Waals surface area contributed by atoms with Crippen LogP contribution in [-0.4, -0.2) is 54.3 Å². The van der Waals surface area contributed by atoms with E-state index in [0.29, 0.717) is 12.1 Å². The van der Waals surface area contributed by atoms with Crippen LogP contribution in [0.2, 0.25) is 0 Å². The van der Waals surface area contributed by atoms with E-state index >= 15 is 0 Å². The lowest BCUT2D eigenvalue weighted by atomic mass is 9.87. The number of benzene rings is 1. The number of aliphatic hydroxyl groups is 1.